The quantitative estimate of drug-likeness (QED) is 0.528. The molecule has 6 atom stereocenters. The summed E-state index contributed by atoms with van der Waals surface area (Å²) in [6.45, 7) is 0. The van der Waals surface area contributed by atoms with Gasteiger partial charge in [-0.1, -0.05) is 18.2 Å². The van der Waals surface area contributed by atoms with Gasteiger partial charge in [0, 0.05) is 16.7 Å². The van der Waals surface area contributed by atoms with Crippen LogP contribution in [0.5, 0.6) is 0 Å². The average molecular weight is 200 g/mol. The van der Waals surface area contributed by atoms with Crippen LogP contribution in [0.25, 0.3) is 0 Å². The van der Waals surface area contributed by atoms with Crippen LogP contribution in [0, 0.1) is 5.92 Å². The fraction of sp³-hybridized carbons (Fsp3) is 0.500. The third-order valence-electron chi connectivity index (χ3n) is 2.81. The molecule has 2 bridgehead atoms. The highest BCUT2D eigenvalue weighted by atomic mass is 32.2. The molecule has 0 aromatic heterocycles. The van der Waals surface area contributed by atoms with Gasteiger partial charge < -0.3 is 0 Å². The van der Waals surface area contributed by atoms with Crippen molar-refractivity contribution in [2.45, 2.75) is 15.7 Å². The maximum absolute atomic E-state index is 11.6. The second kappa shape index (κ2) is 2.17. The van der Waals surface area contributed by atoms with E-state index in [0.717, 1.165) is 0 Å². The minimum absolute atomic E-state index is 0.0656. The highest BCUT2D eigenvalue weighted by Gasteiger charge is 2.53. The monoisotopic (exact) mass is 200 g/mol. The maximum Gasteiger partial charge on any atom is 0.0687 e. The zero-order chi connectivity index (χ0) is 8.29. The van der Waals surface area contributed by atoms with Crippen LogP contribution in [0.1, 0.15) is 0 Å². The number of hydrogen-bond acceptors (Lipinski definition) is 2. The molecule has 0 spiro atoms. The van der Waals surface area contributed by atoms with Gasteiger partial charge in [0.2, 0.25) is 0 Å². The van der Waals surface area contributed by atoms with E-state index in [-0.39, 0.29) is 15.7 Å². The molecule has 3 rings (SSSR count). The van der Waals surface area contributed by atoms with Crippen LogP contribution in [0.4, 0.5) is 0 Å². The van der Waals surface area contributed by atoms with Crippen LogP contribution in [0.3, 0.4) is 0 Å². The van der Waals surface area contributed by atoms with Crippen molar-refractivity contribution >= 4 is 21.6 Å². The zero-order valence-electron chi connectivity index (χ0n) is 6.25. The Morgan fingerprint density at radius 3 is 2.50 bits per heavy atom. The van der Waals surface area contributed by atoms with Gasteiger partial charge >= 0.3 is 0 Å². The largest absolute Gasteiger partial charge is 0.258 e. The Kier molecular flexibility index (Phi) is 1.31. The predicted molar refractivity (Wildman–Crippen MR) is 49.4 cm³/mol. The predicted octanol–water partition coefficient (Wildman–Crippen LogP) is 0.317. The van der Waals surface area contributed by atoms with E-state index in [1.165, 1.54) is 0 Å². The molecule has 4 heteroatoms. The summed E-state index contributed by atoms with van der Waals surface area (Å²) in [6, 6.07) is 0. The first kappa shape index (κ1) is 7.21. The van der Waals surface area contributed by atoms with Crippen molar-refractivity contribution in [1.29, 1.82) is 0 Å². The van der Waals surface area contributed by atoms with Gasteiger partial charge in [-0.05, 0) is 5.41 Å². The summed E-state index contributed by atoms with van der Waals surface area (Å²) < 4.78 is 23.1. The van der Waals surface area contributed by atoms with Crippen molar-refractivity contribution in [3.63, 3.8) is 0 Å². The van der Waals surface area contributed by atoms with Crippen molar-refractivity contribution in [2.75, 3.05) is 0 Å². The summed E-state index contributed by atoms with van der Waals surface area (Å²) in [5.41, 5.74) is 0. The van der Waals surface area contributed by atoms with Crippen LogP contribution in [0.2, 0.25) is 0 Å². The lowest BCUT2D eigenvalue weighted by molar-refractivity contribution is 0.632. The molecular formula is C8H8O2S2. The van der Waals surface area contributed by atoms with E-state index >= 15 is 0 Å². The Labute approximate surface area is 75.6 Å². The first-order chi connectivity index (χ1) is 5.79. The molecule has 0 radical (unpaired) electrons. The highest BCUT2D eigenvalue weighted by Crippen LogP contribution is 2.43. The molecule has 0 saturated carbocycles. The first-order valence-electron chi connectivity index (χ1n) is 3.94. The maximum atomic E-state index is 11.6. The van der Waals surface area contributed by atoms with Gasteiger partial charge in [0.1, 0.15) is 0 Å². The number of fused-ring (bicyclic) bond motifs is 5. The van der Waals surface area contributed by atoms with Gasteiger partial charge in [-0.2, -0.15) is 0 Å². The Morgan fingerprint density at radius 1 is 1.00 bits per heavy atom. The van der Waals surface area contributed by atoms with Crippen molar-refractivity contribution < 1.29 is 8.42 Å². The fourth-order valence-corrected chi connectivity index (χ4v) is 6.32. The van der Waals surface area contributed by atoms with Crippen molar-refractivity contribution in [1.82, 2.24) is 0 Å². The zero-order valence-corrected chi connectivity index (χ0v) is 7.88. The molecule has 12 heavy (non-hydrogen) atoms. The number of allylic oxidation sites excluding steroid dienone is 1. The molecule has 0 aromatic carbocycles. The topological polar surface area (TPSA) is 34.1 Å². The van der Waals surface area contributed by atoms with E-state index in [9.17, 15) is 8.42 Å². The van der Waals surface area contributed by atoms with E-state index in [1.807, 2.05) is 18.2 Å². The van der Waals surface area contributed by atoms with Gasteiger partial charge in [0.05, 0.1) is 26.5 Å². The SMILES string of the molecule is O=S1C2C=C[C@H]1[C@@H]1[C@H]2C=C[S@@]1=O. The van der Waals surface area contributed by atoms with E-state index in [0.29, 0.717) is 5.92 Å². The molecule has 0 amide bonds. The third kappa shape index (κ3) is 0.661. The van der Waals surface area contributed by atoms with Gasteiger partial charge in [0.25, 0.3) is 0 Å². The van der Waals surface area contributed by atoms with E-state index in [4.69, 9.17) is 0 Å². The van der Waals surface area contributed by atoms with Gasteiger partial charge in [-0.3, -0.25) is 8.42 Å². The molecular weight excluding hydrogens is 192 g/mol. The van der Waals surface area contributed by atoms with Crippen LogP contribution >= 0.6 is 0 Å². The van der Waals surface area contributed by atoms with E-state index < -0.39 is 21.6 Å². The summed E-state index contributed by atoms with van der Waals surface area (Å²) in [6.07, 6.45) is 5.98. The lowest BCUT2D eigenvalue weighted by Crippen LogP contribution is -2.27. The normalized spacial score (nSPS) is 59.7. The molecule has 0 aliphatic carbocycles. The summed E-state index contributed by atoms with van der Waals surface area (Å²) >= 11 is 0. The van der Waals surface area contributed by atoms with Gasteiger partial charge in [-0.15, -0.1) is 0 Å². The molecule has 2 nitrogen and oxygen atoms in total. The standard InChI is InChI=1S/C8H8O2S2/c9-11-4-3-5-6-1-2-7(8(5)11)12(6)10/h1-8H/t5-,6?,7-,8-,11-,12?/m0/s1. The number of hydrogen-bond donors (Lipinski definition) is 0. The minimum atomic E-state index is -0.873. The van der Waals surface area contributed by atoms with Crippen molar-refractivity contribution in [2.24, 2.45) is 5.92 Å². The molecule has 1 saturated heterocycles. The van der Waals surface area contributed by atoms with E-state index in [1.54, 1.807) is 5.41 Å². The Bertz CT molecular complexity index is 345. The fourth-order valence-electron chi connectivity index (χ4n) is 2.25. The molecule has 3 aliphatic heterocycles. The first-order valence-corrected chi connectivity index (χ1v) is 6.50. The lowest BCUT2D eigenvalue weighted by atomic mass is 9.94. The molecule has 0 N–H and O–H groups in total. The second-order valence-electron chi connectivity index (χ2n) is 3.34. The Hall–Kier alpha value is -0.220. The molecule has 3 heterocycles. The van der Waals surface area contributed by atoms with Crippen molar-refractivity contribution in [3.05, 3.63) is 23.6 Å². The molecule has 3 aliphatic rings. The van der Waals surface area contributed by atoms with Crippen LogP contribution in [-0.4, -0.2) is 24.2 Å². The smallest absolute Gasteiger partial charge is 0.0687 e. The molecule has 64 valence electrons. The summed E-state index contributed by atoms with van der Waals surface area (Å²) in [5, 5.41) is 2.11. The Balaban J connectivity index is 2.13. The van der Waals surface area contributed by atoms with Gasteiger partial charge in [-0.25, -0.2) is 0 Å². The number of rotatable bonds is 0. The average Bonchev–Trinajstić information content (AvgIpc) is 2.66. The summed E-state index contributed by atoms with van der Waals surface area (Å²) in [5.74, 6) is 0.293. The minimum Gasteiger partial charge on any atom is -0.258 e. The lowest BCUT2D eigenvalue weighted by Gasteiger charge is -2.15. The molecule has 1 fully saturated rings. The van der Waals surface area contributed by atoms with Crippen LogP contribution in [0.15, 0.2) is 23.6 Å². The Morgan fingerprint density at radius 2 is 1.75 bits per heavy atom. The van der Waals surface area contributed by atoms with Crippen LogP contribution < -0.4 is 0 Å². The third-order valence-corrected chi connectivity index (χ3v) is 6.55. The summed E-state index contributed by atoms with van der Waals surface area (Å²) in [7, 11) is -1.66. The second-order valence-corrected chi connectivity index (χ2v) is 6.56. The molecule has 2 unspecified atom stereocenters. The van der Waals surface area contributed by atoms with E-state index in [2.05, 4.69) is 0 Å². The van der Waals surface area contributed by atoms with Gasteiger partial charge in [0.15, 0.2) is 0 Å². The summed E-state index contributed by atoms with van der Waals surface area (Å²) in [4.78, 5) is 0. The van der Waals surface area contributed by atoms with Crippen LogP contribution in [-0.2, 0) is 21.6 Å². The molecule has 0 aromatic rings. The highest BCUT2D eigenvalue weighted by molar-refractivity contribution is 7.93. The van der Waals surface area contributed by atoms with Crippen molar-refractivity contribution in [3.8, 4) is 0 Å².